The first-order valence-corrected chi connectivity index (χ1v) is 8.02. The average Bonchev–Trinajstić information content (AvgIpc) is 3.07. The van der Waals surface area contributed by atoms with E-state index in [9.17, 15) is 23.2 Å². The zero-order valence-electron chi connectivity index (χ0n) is 15.1. The van der Waals surface area contributed by atoms with Crippen molar-refractivity contribution in [1.82, 2.24) is 34.6 Å². The molecule has 0 atom stereocenters. The molecule has 3 aromatic rings. The monoisotopic (exact) mass is 408 g/mol. The zero-order valence-corrected chi connectivity index (χ0v) is 15.1. The maximum atomic E-state index is 12.7. The van der Waals surface area contributed by atoms with Crippen LogP contribution in [0.1, 0.15) is 16.1 Å². The van der Waals surface area contributed by atoms with E-state index >= 15 is 0 Å². The number of anilines is 1. The van der Waals surface area contributed by atoms with Gasteiger partial charge in [-0.3, -0.25) is 19.5 Å². The first-order chi connectivity index (χ1) is 13.8. The van der Waals surface area contributed by atoms with Crippen LogP contribution in [0.25, 0.3) is 0 Å². The van der Waals surface area contributed by atoms with Gasteiger partial charge in [-0.15, -0.1) is 0 Å². The number of hydrogen-bond acceptors (Lipinski definition) is 8. The number of carbonyl (C=O) groups is 1. The van der Waals surface area contributed by atoms with E-state index in [4.69, 9.17) is 0 Å². The van der Waals surface area contributed by atoms with Gasteiger partial charge in [0.25, 0.3) is 11.5 Å². The second kappa shape index (κ2) is 7.95. The molecule has 2 aromatic heterocycles. The number of nitrogens with zero attached hydrogens (tertiary/aromatic N) is 7. The van der Waals surface area contributed by atoms with Crippen LogP contribution in [0, 0.1) is 0 Å². The Morgan fingerprint density at radius 1 is 1.17 bits per heavy atom. The molecule has 0 aliphatic rings. The van der Waals surface area contributed by atoms with E-state index in [0.717, 1.165) is 9.25 Å². The SMILES string of the molecule is Cn1nnnc1NC(=O)c1nn(C)c(=O)n(Cc2ccc(OC(F)F)cc2)c1=O. The van der Waals surface area contributed by atoms with Gasteiger partial charge in [-0.05, 0) is 28.1 Å². The molecule has 0 saturated carbocycles. The molecule has 0 aliphatic heterocycles. The maximum Gasteiger partial charge on any atom is 0.387 e. The molecule has 0 spiro atoms. The number of halogens is 2. The largest absolute Gasteiger partial charge is 0.435 e. The van der Waals surface area contributed by atoms with Crippen molar-refractivity contribution in [3.63, 3.8) is 0 Å². The predicted octanol–water partition coefficient (Wildman–Crippen LogP) is -0.633. The lowest BCUT2D eigenvalue weighted by molar-refractivity contribution is -0.0498. The minimum absolute atomic E-state index is 0.0220. The number of ether oxygens (including phenoxy) is 1. The standard InChI is InChI=1S/C15H14F2N8O4/c1-23-14(19-21-22-23)18-11(26)10-12(27)25(15(28)24(2)20-10)7-8-3-5-9(6-4-8)29-13(16)17/h3-6,13H,7H2,1-2H3,(H,18,19,22,26). The van der Waals surface area contributed by atoms with Crippen LogP contribution in [0.2, 0.25) is 0 Å². The van der Waals surface area contributed by atoms with Gasteiger partial charge in [0.1, 0.15) is 5.75 Å². The molecule has 0 saturated heterocycles. The number of benzene rings is 1. The summed E-state index contributed by atoms with van der Waals surface area (Å²) in [7, 11) is 2.75. The molecule has 1 N–H and O–H groups in total. The van der Waals surface area contributed by atoms with Crippen LogP contribution >= 0.6 is 0 Å². The summed E-state index contributed by atoms with van der Waals surface area (Å²) in [5, 5.41) is 16.5. The second-order valence-electron chi connectivity index (χ2n) is 5.75. The lowest BCUT2D eigenvalue weighted by Crippen LogP contribution is -2.44. The third kappa shape index (κ3) is 4.31. The third-order valence-corrected chi connectivity index (χ3v) is 3.76. The van der Waals surface area contributed by atoms with Crippen molar-refractivity contribution in [2.75, 3.05) is 5.32 Å². The molecule has 2 heterocycles. The highest BCUT2D eigenvalue weighted by Crippen LogP contribution is 2.15. The van der Waals surface area contributed by atoms with Crippen LogP contribution in [-0.2, 0) is 20.6 Å². The lowest BCUT2D eigenvalue weighted by atomic mass is 10.2. The molecule has 12 nitrogen and oxygen atoms in total. The van der Waals surface area contributed by atoms with E-state index in [1.807, 2.05) is 0 Å². The first-order valence-electron chi connectivity index (χ1n) is 8.02. The highest BCUT2D eigenvalue weighted by molar-refractivity contribution is 6.01. The fraction of sp³-hybridized carbons (Fsp3) is 0.267. The van der Waals surface area contributed by atoms with Gasteiger partial charge in [0.05, 0.1) is 6.54 Å². The second-order valence-corrected chi connectivity index (χ2v) is 5.75. The molecule has 3 rings (SSSR count). The van der Waals surface area contributed by atoms with Crippen LogP contribution < -0.4 is 21.3 Å². The molecule has 1 aromatic carbocycles. The van der Waals surface area contributed by atoms with Crippen molar-refractivity contribution < 1.29 is 18.3 Å². The van der Waals surface area contributed by atoms with Crippen molar-refractivity contribution in [2.45, 2.75) is 13.2 Å². The Kier molecular flexibility index (Phi) is 5.43. The Bertz CT molecular complexity index is 1150. The average molecular weight is 408 g/mol. The predicted molar refractivity (Wildman–Crippen MR) is 92.7 cm³/mol. The summed E-state index contributed by atoms with van der Waals surface area (Å²) in [4.78, 5) is 37.4. The number of aryl methyl sites for hydroxylation is 2. The normalized spacial score (nSPS) is 10.9. The van der Waals surface area contributed by atoms with Gasteiger partial charge in [0.15, 0.2) is 0 Å². The van der Waals surface area contributed by atoms with Crippen molar-refractivity contribution >= 4 is 11.9 Å². The summed E-state index contributed by atoms with van der Waals surface area (Å²) in [5.41, 5.74) is -1.80. The maximum absolute atomic E-state index is 12.7. The van der Waals surface area contributed by atoms with Crippen LogP contribution in [0.15, 0.2) is 33.9 Å². The number of rotatable bonds is 6. The van der Waals surface area contributed by atoms with Gasteiger partial charge in [0, 0.05) is 14.1 Å². The quantitative estimate of drug-likeness (QED) is 0.569. The van der Waals surface area contributed by atoms with E-state index in [2.05, 4.69) is 30.7 Å². The fourth-order valence-electron chi connectivity index (χ4n) is 2.36. The number of nitrogens with one attached hydrogen (secondary N) is 1. The third-order valence-electron chi connectivity index (χ3n) is 3.76. The van der Waals surface area contributed by atoms with Gasteiger partial charge < -0.3 is 4.74 Å². The van der Waals surface area contributed by atoms with Crippen LogP contribution in [-0.4, -0.2) is 47.1 Å². The number of hydrogen-bond donors (Lipinski definition) is 1. The zero-order chi connectivity index (χ0) is 21.1. The Hall–Kier alpha value is -3.97. The Morgan fingerprint density at radius 3 is 2.45 bits per heavy atom. The summed E-state index contributed by atoms with van der Waals surface area (Å²) < 4.78 is 31.5. The van der Waals surface area contributed by atoms with Gasteiger partial charge in [-0.25, -0.2) is 14.2 Å². The van der Waals surface area contributed by atoms with Crippen molar-refractivity contribution in [3.05, 3.63) is 56.4 Å². The van der Waals surface area contributed by atoms with E-state index in [-0.39, 0.29) is 18.2 Å². The molecule has 0 aliphatic carbocycles. The number of aromatic nitrogens is 7. The van der Waals surface area contributed by atoms with Gasteiger partial charge in [-0.2, -0.15) is 13.9 Å². The molecule has 29 heavy (non-hydrogen) atoms. The number of tetrazole rings is 1. The number of carbonyl (C=O) groups excluding carboxylic acids is 1. The molecule has 152 valence electrons. The summed E-state index contributed by atoms with van der Waals surface area (Å²) in [6.07, 6.45) is 0. The van der Waals surface area contributed by atoms with Crippen molar-refractivity contribution in [1.29, 1.82) is 0 Å². The first kappa shape index (κ1) is 19.8. The highest BCUT2D eigenvalue weighted by Gasteiger charge is 2.20. The summed E-state index contributed by atoms with van der Waals surface area (Å²) >= 11 is 0. The van der Waals surface area contributed by atoms with Crippen LogP contribution in [0.3, 0.4) is 0 Å². The molecular weight excluding hydrogens is 394 g/mol. The van der Waals surface area contributed by atoms with E-state index in [1.54, 1.807) is 0 Å². The Balaban J connectivity index is 1.91. The van der Waals surface area contributed by atoms with Crippen molar-refractivity contribution in [2.24, 2.45) is 14.1 Å². The van der Waals surface area contributed by atoms with E-state index in [0.29, 0.717) is 5.56 Å². The number of amides is 1. The van der Waals surface area contributed by atoms with Gasteiger partial charge in [-0.1, -0.05) is 17.2 Å². The van der Waals surface area contributed by atoms with E-state index < -0.39 is 29.5 Å². The van der Waals surface area contributed by atoms with Gasteiger partial charge >= 0.3 is 12.3 Å². The summed E-state index contributed by atoms with van der Waals surface area (Å²) in [6.45, 7) is -3.18. The molecule has 0 radical (unpaired) electrons. The Labute approximate surface area is 160 Å². The van der Waals surface area contributed by atoms with Crippen LogP contribution in [0.4, 0.5) is 14.7 Å². The fourth-order valence-corrected chi connectivity index (χ4v) is 2.36. The summed E-state index contributed by atoms with van der Waals surface area (Å²) in [6, 6.07) is 5.36. The molecular formula is C15H14F2N8O4. The molecule has 14 heteroatoms. The Morgan fingerprint density at radius 2 is 1.86 bits per heavy atom. The van der Waals surface area contributed by atoms with Crippen LogP contribution in [0.5, 0.6) is 5.75 Å². The van der Waals surface area contributed by atoms with E-state index in [1.165, 1.54) is 43.0 Å². The molecule has 0 fully saturated rings. The smallest absolute Gasteiger partial charge is 0.387 e. The van der Waals surface area contributed by atoms with Crippen molar-refractivity contribution in [3.8, 4) is 5.75 Å². The summed E-state index contributed by atoms with van der Waals surface area (Å²) in [5.74, 6) is -1.000. The number of alkyl halides is 2. The highest BCUT2D eigenvalue weighted by atomic mass is 19.3. The minimum atomic E-state index is -2.97. The molecule has 0 bridgehead atoms. The van der Waals surface area contributed by atoms with Gasteiger partial charge in [0.2, 0.25) is 11.6 Å². The topological polar surface area (TPSA) is 139 Å². The molecule has 1 amide bonds. The molecule has 0 unspecified atom stereocenters. The lowest BCUT2D eigenvalue weighted by Gasteiger charge is -2.10. The minimum Gasteiger partial charge on any atom is -0.435 e.